The van der Waals surface area contributed by atoms with E-state index in [1.165, 1.54) is 4.68 Å². The van der Waals surface area contributed by atoms with Crippen LogP contribution in [0.2, 0.25) is 0 Å². The van der Waals surface area contributed by atoms with E-state index >= 15 is 0 Å². The normalized spacial score (nSPS) is 13.9. The summed E-state index contributed by atoms with van der Waals surface area (Å²) in [6, 6.07) is 15.5. The molecular formula is C19H20N4O4. The summed E-state index contributed by atoms with van der Waals surface area (Å²) >= 11 is 0. The Balaban J connectivity index is 2.32. The van der Waals surface area contributed by atoms with Crippen molar-refractivity contribution in [1.82, 2.24) is 15.0 Å². The number of aromatic nitrogens is 3. The molecule has 8 heteroatoms. The third-order valence-corrected chi connectivity index (χ3v) is 4.06. The van der Waals surface area contributed by atoms with Gasteiger partial charge in [-0.25, -0.2) is 9.48 Å². The fourth-order valence-corrected chi connectivity index (χ4v) is 2.96. The quantitative estimate of drug-likeness (QED) is 0.390. The molecule has 0 radical (unpaired) electrons. The van der Waals surface area contributed by atoms with Gasteiger partial charge in [-0.2, -0.15) is 0 Å². The smallest absolute Gasteiger partial charge is 0.346 e. The molecule has 1 atom stereocenters. The zero-order chi connectivity index (χ0) is 19.7. The lowest BCUT2D eigenvalue weighted by Gasteiger charge is -2.32. The SMILES string of the molecule is CC(C)(C)OC(=O)[C@@](C[N+](=O)[O-])(c1ccccc1)n1nnc2ccccc21. The average molecular weight is 368 g/mol. The summed E-state index contributed by atoms with van der Waals surface area (Å²) in [6.07, 6.45) is 0. The van der Waals surface area contributed by atoms with E-state index < -0.39 is 28.6 Å². The minimum atomic E-state index is -1.78. The molecule has 0 amide bonds. The second kappa shape index (κ2) is 6.79. The first kappa shape index (κ1) is 18.5. The number of para-hydroxylation sites is 1. The van der Waals surface area contributed by atoms with Crippen molar-refractivity contribution in [2.45, 2.75) is 31.9 Å². The molecule has 140 valence electrons. The zero-order valence-electron chi connectivity index (χ0n) is 15.3. The van der Waals surface area contributed by atoms with Crippen molar-refractivity contribution in [3.8, 4) is 0 Å². The summed E-state index contributed by atoms with van der Waals surface area (Å²) in [5.74, 6) is -0.756. The summed E-state index contributed by atoms with van der Waals surface area (Å²) < 4.78 is 6.90. The molecule has 0 aliphatic heterocycles. The van der Waals surface area contributed by atoms with Gasteiger partial charge in [0.15, 0.2) is 0 Å². The molecule has 0 N–H and O–H groups in total. The van der Waals surface area contributed by atoms with Gasteiger partial charge in [-0.15, -0.1) is 5.10 Å². The second-order valence-corrected chi connectivity index (χ2v) is 7.21. The third-order valence-electron chi connectivity index (χ3n) is 4.06. The number of hydrogen-bond acceptors (Lipinski definition) is 6. The van der Waals surface area contributed by atoms with Crippen LogP contribution in [0.5, 0.6) is 0 Å². The summed E-state index contributed by atoms with van der Waals surface area (Å²) in [5.41, 5.74) is -1.16. The predicted octanol–water partition coefficient (Wildman–Crippen LogP) is 2.79. The van der Waals surface area contributed by atoms with E-state index in [9.17, 15) is 14.9 Å². The van der Waals surface area contributed by atoms with Gasteiger partial charge in [-0.05, 0) is 38.5 Å². The predicted molar refractivity (Wildman–Crippen MR) is 98.8 cm³/mol. The molecule has 8 nitrogen and oxygen atoms in total. The van der Waals surface area contributed by atoms with Crippen LogP contribution in [0.25, 0.3) is 11.0 Å². The van der Waals surface area contributed by atoms with Crippen LogP contribution in [0, 0.1) is 10.1 Å². The van der Waals surface area contributed by atoms with Gasteiger partial charge in [0.2, 0.25) is 12.1 Å². The van der Waals surface area contributed by atoms with Gasteiger partial charge in [0, 0.05) is 4.92 Å². The standard InChI is InChI=1S/C19H20N4O4/c1-18(2,3)27-17(24)19(13-22(25)26,14-9-5-4-6-10-14)23-16-12-8-7-11-15(16)20-21-23/h4-12H,13H2,1-3H3/t19-/m1/s1. The van der Waals surface area contributed by atoms with Crippen molar-refractivity contribution in [2.24, 2.45) is 0 Å². The van der Waals surface area contributed by atoms with Crippen molar-refractivity contribution in [2.75, 3.05) is 6.54 Å². The molecule has 1 aromatic heterocycles. The van der Waals surface area contributed by atoms with Crippen molar-refractivity contribution in [1.29, 1.82) is 0 Å². The number of ether oxygens (including phenoxy) is 1. The molecule has 27 heavy (non-hydrogen) atoms. The summed E-state index contributed by atoms with van der Waals surface area (Å²) in [6.45, 7) is 4.42. The number of carbonyl (C=O) groups excluding carboxylic acids is 1. The van der Waals surface area contributed by atoms with Gasteiger partial charge in [0.05, 0.1) is 5.52 Å². The Bertz CT molecular complexity index is 978. The minimum absolute atomic E-state index is 0.409. The van der Waals surface area contributed by atoms with Crippen LogP contribution in [-0.2, 0) is 15.1 Å². The molecule has 0 aliphatic carbocycles. The Hall–Kier alpha value is -3.29. The van der Waals surface area contributed by atoms with Crippen molar-refractivity contribution in [3.63, 3.8) is 0 Å². The van der Waals surface area contributed by atoms with E-state index in [0.29, 0.717) is 16.6 Å². The highest BCUT2D eigenvalue weighted by Gasteiger charge is 2.52. The highest BCUT2D eigenvalue weighted by atomic mass is 16.6. The molecule has 0 unspecified atom stereocenters. The number of fused-ring (bicyclic) bond motifs is 1. The van der Waals surface area contributed by atoms with Crippen molar-refractivity contribution < 1.29 is 14.5 Å². The van der Waals surface area contributed by atoms with Gasteiger partial charge in [-0.1, -0.05) is 47.7 Å². The Morgan fingerprint density at radius 3 is 2.37 bits per heavy atom. The Labute approximate surface area is 155 Å². The van der Waals surface area contributed by atoms with Gasteiger partial charge in [0.25, 0.3) is 0 Å². The fraction of sp³-hybridized carbons (Fsp3) is 0.316. The summed E-state index contributed by atoms with van der Waals surface area (Å²) in [7, 11) is 0. The Morgan fingerprint density at radius 2 is 1.74 bits per heavy atom. The maximum absolute atomic E-state index is 13.3. The van der Waals surface area contributed by atoms with E-state index in [4.69, 9.17) is 4.74 Å². The Kier molecular flexibility index (Phi) is 4.65. The molecule has 3 rings (SSSR count). The first-order valence-electron chi connectivity index (χ1n) is 8.46. The largest absolute Gasteiger partial charge is 0.458 e. The van der Waals surface area contributed by atoms with E-state index in [2.05, 4.69) is 10.3 Å². The lowest BCUT2D eigenvalue weighted by molar-refractivity contribution is -0.490. The monoisotopic (exact) mass is 368 g/mol. The molecule has 2 aromatic carbocycles. The van der Waals surface area contributed by atoms with E-state index in [1.54, 1.807) is 75.4 Å². The first-order chi connectivity index (χ1) is 12.7. The summed E-state index contributed by atoms with van der Waals surface area (Å²) in [4.78, 5) is 24.4. The lowest BCUT2D eigenvalue weighted by Crippen LogP contribution is -2.52. The number of benzene rings is 2. The number of nitrogens with zero attached hydrogens (tertiary/aromatic N) is 4. The molecule has 0 saturated carbocycles. The summed E-state index contributed by atoms with van der Waals surface area (Å²) in [5, 5.41) is 19.8. The minimum Gasteiger partial charge on any atom is -0.458 e. The topological polar surface area (TPSA) is 100 Å². The molecule has 0 aliphatic rings. The molecular weight excluding hydrogens is 348 g/mol. The number of hydrogen-bond donors (Lipinski definition) is 0. The average Bonchev–Trinajstić information content (AvgIpc) is 3.03. The molecule has 0 fully saturated rings. The number of rotatable bonds is 5. The van der Waals surface area contributed by atoms with Crippen molar-refractivity contribution in [3.05, 3.63) is 70.3 Å². The molecule has 0 spiro atoms. The van der Waals surface area contributed by atoms with E-state index in [0.717, 1.165) is 0 Å². The van der Waals surface area contributed by atoms with E-state index in [1.807, 2.05) is 0 Å². The second-order valence-electron chi connectivity index (χ2n) is 7.21. The van der Waals surface area contributed by atoms with Crippen LogP contribution < -0.4 is 0 Å². The first-order valence-corrected chi connectivity index (χ1v) is 8.46. The maximum Gasteiger partial charge on any atom is 0.346 e. The molecule has 0 saturated heterocycles. The number of carbonyl (C=O) groups is 1. The number of nitro groups is 1. The van der Waals surface area contributed by atoms with E-state index in [-0.39, 0.29) is 0 Å². The van der Waals surface area contributed by atoms with Crippen LogP contribution in [-0.4, -0.2) is 38.0 Å². The highest BCUT2D eigenvalue weighted by Crippen LogP contribution is 2.32. The van der Waals surface area contributed by atoms with Crippen molar-refractivity contribution >= 4 is 17.0 Å². The fourth-order valence-electron chi connectivity index (χ4n) is 2.96. The van der Waals surface area contributed by atoms with Crippen LogP contribution in [0.1, 0.15) is 26.3 Å². The molecule has 0 bridgehead atoms. The van der Waals surface area contributed by atoms with Gasteiger partial charge in [-0.3, -0.25) is 10.1 Å². The zero-order valence-corrected chi connectivity index (χ0v) is 15.3. The number of esters is 1. The van der Waals surface area contributed by atoms with Gasteiger partial charge < -0.3 is 4.74 Å². The van der Waals surface area contributed by atoms with Crippen LogP contribution >= 0.6 is 0 Å². The van der Waals surface area contributed by atoms with Crippen LogP contribution in [0.3, 0.4) is 0 Å². The van der Waals surface area contributed by atoms with Gasteiger partial charge in [0.1, 0.15) is 11.1 Å². The van der Waals surface area contributed by atoms with Crippen LogP contribution in [0.15, 0.2) is 54.6 Å². The molecule has 3 aromatic rings. The third kappa shape index (κ3) is 3.51. The lowest BCUT2D eigenvalue weighted by atomic mass is 9.89. The van der Waals surface area contributed by atoms with Gasteiger partial charge >= 0.3 is 5.97 Å². The van der Waals surface area contributed by atoms with Crippen LogP contribution in [0.4, 0.5) is 0 Å². The highest BCUT2D eigenvalue weighted by molar-refractivity contribution is 5.86. The molecule has 1 heterocycles. The Morgan fingerprint density at radius 1 is 1.11 bits per heavy atom. The maximum atomic E-state index is 13.3.